The zero-order valence-corrected chi connectivity index (χ0v) is 13.3. The monoisotopic (exact) mass is 293 g/mol. The lowest BCUT2D eigenvalue weighted by Crippen LogP contribution is -2.21. The molecule has 1 heterocycles. The topological polar surface area (TPSA) is 39.9 Å². The van der Waals surface area contributed by atoms with Gasteiger partial charge in [-0.1, -0.05) is 32.9 Å². The van der Waals surface area contributed by atoms with Gasteiger partial charge in [-0.15, -0.1) is 10.2 Å². The highest BCUT2D eigenvalue weighted by Crippen LogP contribution is 2.30. The highest BCUT2D eigenvalue weighted by molar-refractivity contribution is 6.28. The third kappa shape index (κ3) is 2.80. The van der Waals surface area contributed by atoms with Crippen molar-refractivity contribution in [2.45, 2.75) is 39.2 Å². The molecule has 1 atom stereocenters. The summed E-state index contributed by atoms with van der Waals surface area (Å²) >= 11 is 6.22. The van der Waals surface area contributed by atoms with Crippen LogP contribution in [-0.2, 0) is 5.41 Å². The molecule has 0 saturated carbocycles. The Balaban J connectivity index is 2.42. The van der Waals surface area contributed by atoms with Crippen LogP contribution in [-0.4, -0.2) is 21.9 Å². The quantitative estimate of drug-likeness (QED) is 0.863. The van der Waals surface area contributed by atoms with E-state index in [-0.39, 0.29) is 11.5 Å². The molecule has 108 valence electrons. The van der Waals surface area contributed by atoms with Gasteiger partial charge in [0.05, 0.1) is 13.2 Å². The van der Waals surface area contributed by atoms with E-state index in [0.29, 0.717) is 5.28 Å². The zero-order valence-electron chi connectivity index (χ0n) is 12.5. The summed E-state index contributed by atoms with van der Waals surface area (Å²) in [6.07, 6.45) is 0. The highest BCUT2D eigenvalue weighted by atomic mass is 35.5. The van der Waals surface area contributed by atoms with Gasteiger partial charge in [-0.25, -0.2) is 0 Å². The van der Waals surface area contributed by atoms with Crippen LogP contribution in [0.15, 0.2) is 24.3 Å². The molecule has 2 rings (SSSR count). The first-order valence-electron chi connectivity index (χ1n) is 6.59. The van der Waals surface area contributed by atoms with Crippen molar-refractivity contribution >= 4 is 11.6 Å². The number of ether oxygens (including phenoxy) is 1. The van der Waals surface area contributed by atoms with Gasteiger partial charge in [0, 0.05) is 5.41 Å². The first-order valence-corrected chi connectivity index (χ1v) is 6.97. The molecule has 2 aromatic rings. The smallest absolute Gasteiger partial charge is 0.225 e. The summed E-state index contributed by atoms with van der Waals surface area (Å²) in [5.74, 6) is 1.72. The van der Waals surface area contributed by atoms with E-state index in [1.165, 1.54) is 0 Å². The van der Waals surface area contributed by atoms with E-state index in [1.807, 2.05) is 28.8 Å². The van der Waals surface area contributed by atoms with Crippen LogP contribution in [0.4, 0.5) is 0 Å². The first kappa shape index (κ1) is 14.9. The summed E-state index contributed by atoms with van der Waals surface area (Å²) in [7, 11) is 1.66. The van der Waals surface area contributed by atoms with Crippen LogP contribution in [0.3, 0.4) is 0 Å². The van der Waals surface area contributed by atoms with Crippen molar-refractivity contribution in [1.82, 2.24) is 14.8 Å². The Morgan fingerprint density at radius 1 is 1.15 bits per heavy atom. The van der Waals surface area contributed by atoms with Gasteiger partial charge >= 0.3 is 0 Å². The molecule has 0 N–H and O–H groups in total. The van der Waals surface area contributed by atoms with E-state index in [4.69, 9.17) is 16.3 Å². The average Bonchev–Trinajstić information content (AvgIpc) is 2.80. The minimum atomic E-state index is -0.110. The van der Waals surface area contributed by atoms with Gasteiger partial charge in [0.2, 0.25) is 5.28 Å². The molecule has 0 bridgehead atoms. The molecular formula is C15H20ClN3O. The summed E-state index contributed by atoms with van der Waals surface area (Å²) in [6.45, 7) is 8.39. The van der Waals surface area contributed by atoms with Crippen LogP contribution >= 0.6 is 11.6 Å². The Bertz CT molecular complexity index is 584. The molecule has 5 heteroatoms. The van der Waals surface area contributed by atoms with E-state index < -0.39 is 0 Å². The lowest BCUT2D eigenvalue weighted by Gasteiger charge is -2.23. The number of halogens is 1. The fraction of sp³-hybridized carbons (Fsp3) is 0.467. The van der Waals surface area contributed by atoms with Gasteiger partial charge in [-0.2, -0.15) is 0 Å². The zero-order chi connectivity index (χ0) is 14.9. The minimum Gasteiger partial charge on any atom is -0.497 e. The van der Waals surface area contributed by atoms with Crippen LogP contribution in [0, 0.1) is 0 Å². The van der Waals surface area contributed by atoms with Crippen LogP contribution in [0.25, 0.3) is 0 Å². The third-order valence-corrected chi connectivity index (χ3v) is 3.57. The molecule has 0 amide bonds. The number of benzene rings is 1. The molecule has 20 heavy (non-hydrogen) atoms. The van der Waals surface area contributed by atoms with Gasteiger partial charge in [-0.05, 0) is 36.2 Å². The largest absolute Gasteiger partial charge is 0.497 e. The van der Waals surface area contributed by atoms with Crippen LogP contribution in [0.1, 0.15) is 45.1 Å². The van der Waals surface area contributed by atoms with Crippen molar-refractivity contribution in [3.63, 3.8) is 0 Å². The molecule has 0 saturated heterocycles. The Morgan fingerprint density at radius 2 is 1.75 bits per heavy atom. The summed E-state index contributed by atoms with van der Waals surface area (Å²) in [6, 6.07) is 8.03. The maximum Gasteiger partial charge on any atom is 0.225 e. The number of hydrogen-bond donors (Lipinski definition) is 0. The molecule has 0 aliphatic carbocycles. The van der Waals surface area contributed by atoms with E-state index in [1.54, 1.807) is 7.11 Å². The van der Waals surface area contributed by atoms with Crippen molar-refractivity contribution in [2.24, 2.45) is 0 Å². The minimum absolute atomic E-state index is 0.0673. The third-order valence-electron chi connectivity index (χ3n) is 3.31. The van der Waals surface area contributed by atoms with Crippen molar-refractivity contribution in [1.29, 1.82) is 0 Å². The van der Waals surface area contributed by atoms with Gasteiger partial charge in [-0.3, -0.25) is 4.57 Å². The number of rotatable bonds is 3. The number of methoxy groups -OCH3 is 1. The predicted octanol–water partition coefficient (Wildman–Crippen LogP) is 3.85. The maximum absolute atomic E-state index is 6.22. The molecule has 0 radical (unpaired) electrons. The highest BCUT2D eigenvalue weighted by Gasteiger charge is 2.26. The van der Waals surface area contributed by atoms with Crippen molar-refractivity contribution in [3.8, 4) is 5.75 Å². The second-order valence-corrected chi connectivity index (χ2v) is 6.20. The molecule has 1 aromatic carbocycles. The molecule has 0 aliphatic rings. The van der Waals surface area contributed by atoms with Crippen LogP contribution in [0.5, 0.6) is 5.75 Å². The fourth-order valence-corrected chi connectivity index (χ4v) is 2.42. The van der Waals surface area contributed by atoms with Crippen molar-refractivity contribution in [3.05, 3.63) is 40.9 Å². The van der Waals surface area contributed by atoms with Crippen molar-refractivity contribution in [2.75, 3.05) is 7.11 Å². The van der Waals surface area contributed by atoms with E-state index in [2.05, 4.69) is 37.9 Å². The van der Waals surface area contributed by atoms with Crippen LogP contribution < -0.4 is 4.74 Å². The van der Waals surface area contributed by atoms with Gasteiger partial charge in [0.1, 0.15) is 11.6 Å². The predicted molar refractivity (Wildman–Crippen MR) is 80.5 cm³/mol. The van der Waals surface area contributed by atoms with E-state index in [0.717, 1.165) is 17.1 Å². The Kier molecular flexibility index (Phi) is 4.04. The van der Waals surface area contributed by atoms with Gasteiger partial charge in [0.25, 0.3) is 0 Å². The Hall–Kier alpha value is -1.55. The fourth-order valence-electron chi connectivity index (χ4n) is 2.16. The molecule has 0 aliphatic heterocycles. The lowest BCUT2D eigenvalue weighted by molar-refractivity contribution is 0.414. The molecule has 1 aromatic heterocycles. The first-order chi connectivity index (χ1) is 9.34. The Labute approximate surface area is 124 Å². The van der Waals surface area contributed by atoms with E-state index in [9.17, 15) is 0 Å². The van der Waals surface area contributed by atoms with Crippen molar-refractivity contribution < 1.29 is 4.74 Å². The summed E-state index contributed by atoms with van der Waals surface area (Å²) in [5, 5.41) is 8.66. The normalized spacial score (nSPS) is 13.3. The van der Waals surface area contributed by atoms with Gasteiger partial charge < -0.3 is 4.74 Å². The summed E-state index contributed by atoms with van der Waals surface area (Å²) in [5.41, 5.74) is 1.03. The Morgan fingerprint density at radius 3 is 2.25 bits per heavy atom. The molecule has 4 nitrogen and oxygen atoms in total. The SMILES string of the molecule is COc1ccc(C(C)n2c(Cl)nnc2C(C)(C)C)cc1. The second kappa shape index (κ2) is 5.44. The molecular weight excluding hydrogens is 274 g/mol. The summed E-state index contributed by atoms with van der Waals surface area (Å²) in [4.78, 5) is 0. The standard InChI is InChI=1S/C15H20ClN3O/c1-10(11-6-8-12(20-5)9-7-11)19-13(15(2,3)4)17-18-14(19)16/h6-10H,1-5H3. The maximum atomic E-state index is 6.22. The van der Waals surface area contributed by atoms with Gasteiger partial charge in [0.15, 0.2) is 0 Å². The number of hydrogen-bond acceptors (Lipinski definition) is 3. The van der Waals surface area contributed by atoms with Crippen LogP contribution in [0.2, 0.25) is 5.28 Å². The second-order valence-electron chi connectivity index (χ2n) is 5.86. The number of aromatic nitrogens is 3. The van der Waals surface area contributed by atoms with E-state index >= 15 is 0 Å². The molecule has 1 unspecified atom stereocenters. The molecule has 0 fully saturated rings. The summed E-state index contributed by atoms with van der Waals surface area (Å²) < 4.78 is 7.16. The molecule has 0 spiro atoms. The number of nitrogens with zero attached hydrogens (tertiary/aromatic N) is 3. The lowest BCUT2D eigenvalue weighted by atomic mass is 9.95. The average molecular weight is 294 g/mol.